The Balaban J connectivity index is 1.58. The van der Waals surface area contributed by atoms with E-state index in [9.17, 15) is 0 Å². The predicted octanol–water partition coefficient (Wildman–Crippen LogP) is 6.82. The molecule has 208 valence electrons. The van der Waals surface area contributed by atoms with E-state index in [-0.39, 0.29) is 0 Å². The minimum atomic E-state index is -2.81. The molecule has 44 heavy (non-hydrogen) atoms. The number of fused-ring (bicyclic) bond motifs is 3. The summed E-state index contributed by atoms with van der Waals surface area (Å²) in [7, 11) is -2.81. The van der Waals surface area contributed by atoms with Gasteiger partial charge in [-0.1, -0.05) is 170 Å². The number of pyridine rings is 1. The first-order valence-electron chi connectivity index (χ1n) is 15.2. The van der Waals surface area contributed by atoms with Gasteiger partial charge in [-0.15, -0.1) is 0 Å². The lowest BCUT2D eigenvalue weighted by molar-refractivity contribution is 0.763. The molecule has 0 amide bonds. The fourth-order valence-corrected chi connectivity index (χ4v) is 12.7. The summed E-state index contributed by atoms with van der Waals surface area (Å²) in [5.41, 5.74) is 7.20. The maximum absolute atomic E-state index is 4.67. The summed E-state index contributed by atoms with van der Waals surface area (Å²) in [6.07, 6.45) is 3.93. The van der Waals surface area contributed by atoms with E-state index in [1.165, 1.54) is 54.1 Å². The Morgan fingerprint density at radius 3 is 1.48 bits per heavy atom. The second-order valence-electron chi connectivity index (χ2n) is 11.5. The number of rotatable bonds is 6. The van der Waals surface area contributed by atoms with Crippen molar-refractivity contribution in [1.29, 1.82) is 0 Å². The van der Waals surface area contributed by atoms with Crippen LogP contribution in [0.15, 0.2) is 188 Å². The Morgan fingerprint density at radius 2 is 0.909 bits per heavy atom. The van der Waals surface area contributed by atoms with Gasteiger partial charge in [-0.25, -0.2) is 0 Å². The topological polar surface area (TPSA) is 12.9 Å². The summed E-state index contributed by atoms with van der Waals surface area (Å²) in [5, 5.41) is 5.54. The highest BCUT2D eigenvalue weighted by Gasteiger charge is 2.51. The van der Waals surface area contributed by atoms with E-state index in [4.69, 9.17) is 0 Å². The normalized spacial score (nSPS) is 15.4. The van der Waals surface area contributed by atoms with Crippen LogP contribution in [0.2, 0.25) is 0 Å². The molecular weight excluding hydrogens is 547 g/mol. The Hall–Kier alpha value is -5.31. The van der Waals surface area contributed by atoms with Gasteiger partial charge < -0.3 is 0 Å². The van der Waals surface area contributed by atoms with Crippen molar-refractivity contribution in [3.63, 3.8) is 0 Å². The van der Waals surface area contributed by atoms with Gasteiger partial charge in [0.25, 0.3) is 0 Å². The van der Waals surface area contributed by atoms with Crippen molar-refractivity contribution in [2.24, 2.45) is 0 Å². The van der Waals surface area contributed by atoms with Crippen LogP contribution in [0.1, 0.15) is 22.3 Å². The summed E-state index contributed by atoms with van der Waals surface area (Å²) in [6, 6.07) is 65.1. The van der Waals surface area contributed by atoms with Gasteiger partial charge in [-0.05, 0) is 60.2 Å². The molecule has 1 nitrogen and oxygen atoms in total. The van der Waals surface area contributed by atoms with Crippen LogP contribution < -0.4 is 20.7 Å². The second-order valence-corrected chi connectivity index (χ2v) is 15.3. The molecule has 8 rings (SSSR count). The van der Waals surface area contributed by atoms with E-state index < -0.39 is 13.5 Å². The zero-order valence-corrected chi connectivity index (χ0v) is 25.3. The van der Waals surface area contributed by atoms with Crippen molar-refractivity contribution < 1.29 is 0 Å². The number of nitrogens with zero attached hydrogens (tertiary/aromatic N) is 1. The molecule has 0 radical (unpaired) electrons. The fraction of sp³-hybridized carbons (Fsp3) is 0.0238. The molecule has 1 heterocycles. The summed E-state index contributed by atoms with van der Waals surface area (Å²) in [4.78, 5) is 4.67. The predicted molar refractivity (Wildman–Crippen MR) is 185 cm³/mol. The van der Waals surface area contributed by atoms with Crippen molar-refractivity contribution in [3.8, 4) is 11.1 Å². The molecule has 1 aliphatic carbocycles. The number of aromatic nitrogens is 1. The van der Waals surface area contributed by atoms with Crippen LogP contribution in [-0.2, 0) is 5.41 Å². The largest absolute Gasteiger partial charge is 0.264 e. The number of hydrogen-bond donors (Lipinski definition) is 0. The van der Waals surface area contributed by atoms with Gasteiger partial charge in [0.2, 0.25) is 0 Å². The van der Waals surface area contributed by atoms with E-state index >= 15 is 0 Å². The third-order valence-corrected chi connectivity index (χ3v) is 14.2. The lowest BCUT2D eigenvalue weighted by atomic mass is 9.68. The maximum Gasteiger partial charge on any atom is 0.180 e. The van der Waals surface area contributed by atoms with Crippen LogP contribution in [0.3, 0.4) is 0 Å². The zero-order chi connectivity index (χ0) is 29.4. The van der Waals surface area contributed by atoms with Crippen LogP contribution >= 0.6 is 0 Å². The quantitative estimate of drug-likeness (QED) is 0.156. The summed E-state index contributed by atoms with van der Waals surface area (Å²) in [6.45, 7) is 0. The third-order valence-electron chi connectivity index (χ3n) is 9.39. The molecule has 1 aliphatic rings. The van der Waals surface area contributed by atoms with Gasteiger partial charge in [-0.2, -0.15) is 0 Å². The van der Waals surface area contributed by atoms with Crippen LogP contribution in [0.5, 0.6) is 0 Å². The van der Waals surface area contributed by atoms with E-state index in [2.05, 4.69) is 187 Å². The molecule has 0 saturated heterocycles. The van der Waals surface area contributed by atoms with Gasteiger partial charge in [-0.3, -0.25) is 4.98 Å². The van der Waals surface area contributed by atoms with Gasteiger partial charge in [0.05, 0.1) is 5.41 Å². The first kappa shape index (κ1) is 26.3. The highest BCUT2D eigenvalue weighted by atomic mass is 28.3. The lowest BCUT2D eigenvalue weighted by Gasteiger charge is -2.37. The Labute approximate surface area is 260 Å². The van der Waals surface area contributed by atoms with Crippen molar-refractivity contribution in [2.45, 2.75) is 5.41 Å². The molecule has 1 unspecified atom stereocenters. The second kappa shape index (κ2) is 10.8. The minimum Gasteiger partial charge on any atom is -0.264 e. The van der Waals surface area contributed by atoms with E-state index in [1.807, 2.05) is 6.20 Å². The first-order chi connectivity index (χ1) is 21.9. The summed E-state index contributed by atoms with van der Waals surface area (Å²) < 4.78 is 0. The van der Waals surface area contributed by atoms with Crippen LogP contribution in [-0.4, -0.2) is 13.1 Å². The Morgan fingerprint density at radius 1 is 0.409 bits per heavy atom. The smallest absolute Gasteiger partial charge is 0.180 e. The molecule has 1 aromatic heterocycles. The van der Waals surface area contributed by atoms with Crippen LogP contribution in [0, 0.1) is 0 Å². The van der Waals surface area contributed by atoms with Crippen molar-refractivity contribution >= 4 is 28.8 Å². The van der Waals surface area contributed by atoms with Gasteiger partial charge >= 0.3 is 0 Å². The average molecular weight is 578 g/mol. The van der Waals surface area contributed by atoms with Gasteiger partial charge in [0.1, 0.15) is 0 Å². The van der Waals surface area contributed by atoms with Crippen molar-refractivity contribution in [3.05, 3.63) is 211 Å². The molecule has 0 aliphatic heterocycles. The number of benzene rings is 6. The molecule has 0 fully saturated rings. The maximum atomic E-state index is 4.67. The van der Waals surface area contributed by atoms with Gasteiger partial charge in [0.15, 0.2) is 8.07 Å². The Kier molecular flexibility index (Phi) is 6.43. The molecule has 0 spiro atoms. The van der Waals surface area contributed by atoms with Gasteiger partial charge in [0, 0.05) is 12.4 Å². The molecule has 0 bridgehead atoms. The highest BCUT2D eigenvalue weighted by molar-refractivity contribution is 7.20. The molecule has 1 atom stereocenters. The van der Waals surface area contributed by atoms with E-state index in [0.29, 0.717) is 0 Å². The zero-order valence-electron chi connectivity index (χ0n) is 24.3. The minimum absolute atomic E-state index is 0.498. The molecular formula is C42H31NSi. The summed E-state index contributed by atoms with van der Waals surface area (Å²) in [5.74, 6) is 0. The first-order valence-corrected chi connectivity index (χ1v) is 17.2. The monoisotopic (exact) mass is 577 g/mol. The Bertz CT molecular complexity index is 1900. The molecule has 7 aromatic rings. The lowest BCUT2D eigenvalue weighted by Crippen LogP contribution is -2.75. The molecule has 2 heteroatoms. The third kappa shape index (κ3) is 3.75. The fourth-order valence-electron chi connectivity index (χ4n) is 7.73. The van der Waals surface area contributed by atoms with Crippen LogP contribution in [0.25, 0.3) is 11.1 Å². The SMILES string of the molecule is c1ccc(C2(c3cccnc3)c3ccccc3-c3c2cccc3[Si](c2ccccc2)(c2ccccc2)c2ccccc2)cc1. The van der Waals surface area contributed by atoms with E-state index in [0.717, 1.165) is 0 Å². The highest BCUT2D eigenvalue weighted by Crippen LogP contribution is 2.55. The van der Waals surface area contributed by atoms with Crippen LogP contribution in [0.4, 0.5) is 0 Å². The van der Waals surface area contributed by atoms with E-state index in [1.54, 1.807) is 0 Å². The van der Waals surface area contributed by atoms with Crippen molar-refractivity contribution in [2.75, 3.05) is 0 Å². The standard InChI is InChI=1S/C42H31NSi/c1-5-17-32(18-6-1)42(33-19-16-30-43-31-33)38-27-14-13-26-37(38)41-39(42)28-15-29-40(41)44(34-20-7-2-8-21-34,35-22-9-3-10-23-35)36-24-11-4-12-25-36/h1-31H. The molecule has 6 aromatic carbocycles. The molecule has 0 saturated carbocycles. The summed E-state index contributed by atoms with van der Waals surface area (Å²) >= 11 is 0. The molecule has 0 N–H and O–H groups in total. The average Bonchev–Trinajstić information content (AvgIpc) is 3.43. The number of hydrogen-bond acceptors (Lipinski definition) is 1. The van der Waals surface area contributed by atoms with Crippen molar-refractivity contribution in [1.82, 2.24) is 4.98 Å².